The topological polar surface area (TPSA) is 20.2 Å². The summed E-state index contributed by atoms with van der Waals surface area (Å²) in [5, 5.41) is 9.36. The maximum absolute atomic E-state index is 9.36. The Labute approximate surface area is 99.5 Å². The van der Waals surface area contributed by atoms with Crippen molar-refractivity contribution >= 4 is 0 Å². The number of phenolic OH excluding ortho intramolecular Hbond substituents is 1. The molecular formula is C15H24O. The lowest BCUT2D eigenvalue weighted by Crippen LogP contribution is -2.37. The minimum absolute atomic E-state index is 0.162. The SMILES string of the molecule is CCCC(C)(c1ccc(O)cc1)C(C)(C)C. The Kier molecular flexibility index (Phi) is 3.67. The second kappa shape index (κ2) is 4.48. The molecule has 0 fully saturated rings. The summed E-state index contributed by atoms with van der Waals surface area (Å²) in [6.07, 6.45) is 2.34. The van der Waals surface area contributed by atoms with Gasteiger partial charge in [0, 0.05) is 0 Å². The van der Waals surface area contributed by atoms with Gasteiger partial charge in [0.25, 0.3) is 0 Å². The van der Waals surface area contributed by atoms with E-state index in [1.54, 1.807) is 12.1 Å². The molecule has 0 saturated carbocycles. The van der Waals surface area contributed by atoms with Gasteiger partial charge in [0.05, 0.1) is 0 Å². The predicted octanol–water partition coefficient (Wildman–Crippen LogP) is 4.50. The van der Waals surface area contributed by atoms with Gasteiger partial charge in [0.2, 0.25) is 0 Å². The number of aromatic hydroxyl groups is 1. The number of phenols is 1. The Bertz CT molecular complexity index is 331. The van der Waals surface area contributed by atoms with Gasteiger partial charge in [-0.15, -0.1) is 0 Å². The Morgan fingerprint density at radius 1 is 1.00 bits per heavy atom. The monoisotopic (exact) mass is 220 g/mol. The molecule has 0 amide bonds. The summed E-state index contributed by atoms with van der Waals surface area (Å²) < 4.78 is 0. The summed E-state index contributed by atoms with van der Waals surface area (Å²) in [7, 11) is 0. The molecule has 1 atom stereocenters. The Balaban J connectivity index is 3.16. The third-order valence-corrected chi connectivity index (χ3v) is 3.91. The van der Waals surface area contributed by atoms with E-state index in [2.05, 4.69) is 46.8 Å². The molecule has 1 heteroatoms. The van der Waals surface area contributed by atoms with Crippen molar-refractivity contribution in [2.24, 2.45) is 5.41 Å². The van der Waals surface area contributed by atoms with Crippen LogP contribution in [0.5, 0.6) is 5.75 Å². The smallest absolute Gasteiger partial charge is 0.115 e. The first-order valence-corrected chi connectivity index (χ1v) is 6.11. The fourth-order valence-electron chi connectivity index (χ4n) is 2.28. The van der Waals surface area contributed by atoms with Crippen LogP contribution in [0.3, 0.4) is 0 Å². The zero-order valence-electron chi connectivity index (χ0n) is 11.2. The van der Waals surface area contributed by atoms with E-state index >= 15 is 0 Å². The van der Waals surface area contributed by atoms with Crippen molar-refractivity contribution < 1.29 is 5.11 Å². The molecule has 0 aliphatic carbocycles. The van der Waals surface area contributed by atoms with Crippen LogP contribution in [0, 0.1) is 5.41 Å². The first kappa shape index (κ1) is 13.1. The highest BCUT2D eigenvalue weighted by atomic mass is 16.3. The molecular weight excluding hydrogens is 196 g/mol. The van der Waals surface area contributed by atoms with Crippen LogP contribution in [-0.4, -0.2) is 5.11 Å². The van der Waals surface area contributed by atoms with Gasteiger partial charge in [-0.25, -0.2) is 0 Å². The molecule has 0 bridgehead atoms. The first-order chi connectivity index (χ1) is 7.31. The first-order valence-electron chi connectivity index (χ1n) is 6.11. The zero-order chi connectivity index (χ0) is 12.4. The summed E-state index contributed by atoms with van der Waals surface area (Å²) in [5.41, 5.74) is 1.70. The van der Waals surface area contributed by atoms with Gasteiger partial charge in [0.15, 0.2) is 0 Å². The van der Waals surface area contributed by atoms with E-state index in [0.717, 1.165) is 0 Å². The molecule has 0 radical (unpaired) electrons. The summed E-state index contributed by atoms with van der Waals surface area (Å²) in [5.74, 6) is 0.344. The normalized spacial score (nSPS) is 15.8. The van der Waals surface area contributed by atoms with Crippen molar-refractivity contribution in [3.63, 3.8) is 0 Å². The molecule has 1 nitrogen and oxygen atoms in total. The van der Waals surface area contributed by atoms with Gasteiger partial charge >= 0.3 is 0 Å². The molecule has 1 N–H and O–H groups in total. The third kappa shape index (κ3) is 2.40. The Morgan fingerprint density at radius 3 is 1.88 bits per heavy atom. The number of hydrogen-bond donors (Lipinski definition) is 1. The van der Waals surface area contributed by atoms with Crippen LogP contribution >= 0.6 is 0 Å². The molecule has 90 valence electrons. The largest absolute Gasteiger partial charge is 0.508 e. The molecule has 0 aliphatic rings. The van der Waals surface area contributed by atoms with E-state index < -0.39 is 0 Å². The van der Waals surface area contributed by atoms with Crippen LogP contribution in [0.1, 0.15) is 53.0 Å². The fraction of sp³-hybridized carbons (Fsp3) is 0.600. The molecule has 0 spiro atoms. The van der Waals surface area contributed by atoms with E-state index in [9.17, 15) is 5.11 Å². The van der Waals surface area contributed by atoms with Crippen LogP contribution in [0.25, 0.3) is 0 Å². The van der Waals surface area contributed by atoms with Crippen molar-refractivity contribution in [3.8, 4) is 5.75 Å². The number of rotatable bonds is 3. The summed E-state index contributed by atoms with van der Waals surface area (Å²) >= 11 is 0. The zero-order valence-corrected chi connectivity index (χ0v) is 11.2. The lowest BCUT2D eigenvalue weighted by atomic mass is 9.62. The predicted molar refractivity (Wildman–Crippen MR) is 69.8 cm³/mol. The molecule has 0 heterocycles. The van der Waals surface area contributed by atoms with E-state index in [1.807, 2.05) is 0 Å². The molecule has 16 heavy (non-hydrogen) atoms. The van der Waals surface area contributed by atoms with E-state index in [4.69, 9.17) is 0 Å². The van der Waals surface area contributed by atoms with E-state index in [-0.39, 0.29) is 10.8 Å². The molecule has 1 unspecified atom stereocenters. The average molecular weight is 220 g/mol. The molecule has 1 aromatic carbocycles. The minimum Gasteiger partial charge on any atom is -0.508 e. The highest BCUT2D eigenvalue weighted by Gasteiger charge is 2.37. The van der Waals surface area contributed by atoms with Gasteiger partial charge in [0.1, 0.15) is 5.75 Å². The van der Waals surface area contributed by atoms with Gasteiger partial charge in [-0.1, -0.05) is 53.2 Å². The van der Waals surface area contributed by atoms with Crippen molar-refractivity contribution in [1.82, 2.24) is 0 Å². The third-order valence-electron chi connectivity index (χ3n) is 3.91. The lowest BCUT2D eigenvalue weighted by Gasteiger charge is -2.43. The molecule has 1 aromatic rings. The molecule has 1 rings (SSSR count). The van der Waals surface area contributed by atoms with Gasteiger partial charge in [-0.2, -0.15) is 0 Å². The highest BCUT2D eigenvalue weighted by Crippen LogP contribution is 2.44. The Hall–Kier alpha value is -0.980. The second-order valence-corrected chi connectivity index (χ2v) is 5.88. The number of hydrogen-bond acceptors (Lipinski definition) is 1. The minimum atomic E-state index is 0.162. The lowest BCUT2D eigenvalue weighted by molar-refractivity contribution is 0.187. The summed E-state index contributed by atoms with van der Waals surface area (Å²) in [6.45, 7) is 11.4. The van der Waals surface area contributed by atoms with Gasteiger partial charge < -0.3 is 5.11 Å². The van der Waals surface area contributed by atoms with Crippen LogP contribution in [0.2, 0.25) is 0 Å². The maximum atomic E-state index is 9.36. The fourth-order valence-corrected chi connectivity index (χ4v) is 2.28. The van der Waals surface area contributed by atoms with Crippen LogP contribution < -0.4 is 0 Å². The van der Waals surface area contributed by atoms with Crippen molar-refractivity contribution in [3.05, 3.63) is 29.8 Å². The number of benzene rings is 1. The molecule has 0 aromatic heterocycles. The van der Waals surface area contributed by atoms with Crippen molar-refractivity contribution in [2.75, 3.05) is 0 Å². The average Bonchev–Trinajstić information content (AvgIpc) is 2.17. The molecule has 0 aliphatic heterocycles. The van der Waals surface area contributed by atoms with Gasteiger partial charge in [-0.3, -0.25) is 0 Å². The van der Waals surface area contributed by atoms with Crippen LogP contribution in [0.4, 0.5) is 0 Å². The maximum Gasteiger partial charge on any atom is 0.115 e. The van der Waals surface area contributed by atoms with E-state index in [0.29, 0.717) is 5.75 Å². The van der Waals surface area contributed by atoms with Crippen LogP contribution in [-0.2, 0) is 5.41 Å². The van der Waals surface area contributed by atoms with Crippen molar-refractivity contribution in [2.45, 2.75) is 52.9 Å². The second-order valence-electron chi connectivity index (χ2n) is 5.88. The van der Waals surface area contributed by atoms with Crippen LogP contribution in [0.15, 0.2) is 24.3 Å². The van der Waals surface area contributed by atoms with Gasteiger partial charge in [-0.05, 0) is 34.9 Å². The summed E-state index contributed by atoms with van der Waals surface area (Å²) in [6, 6.07) is 7.68. The summed E-state index contributed by atoms with van der Waals surface area (Å²) in [4.78, 5) is 0. The standard InChI is InChI=1S/C15H24O/c1-6-11-15(5,14(2,3)4)12-7-9-13(16)10-8-12/h7-10,16H,6,11H2,1-5H3. The highest BCUT2D eigenvalue weighted by molar-refractivity contribution is 5.32. The van der Waals surface area contributed by atoms with Crippen molar-refractivity contribution in [1.29, 1.82) is 0 Å². The van der Waals surface area contributed by atoms with E-state index in [1.165, 1.54) is 18.4 Å². The molecule has 0 saturated heterocycles. The quantitative estimate of drug-likeness (QED) is 0.795. The Morgan fingerprint density at radius 2 is 1.50 bits per heavy atom.